The molecule has 0 heterocycles. The number of non-ortho nitro benzene ring substituents is 1. The van der Waals surface area contributed by atoms with Gasteiger partial charge in [-0.3, -0.25) is 10.1 Å². The predicted molar refractivity (Wildman–Crippen MR) is 83.7 cm³/mol. The zero-order valence-corrected chi connectivity index (χ0v) is 12.2. The minimum absolute atomic E-state index is 0.0802. The second-order valence-corrected chi connectivity index (χ2v) is 6.12. The molecule has 21 heavy (non-hydrogen) atoms. The normalized spacial score (nSPS) is 21.8. The van der Waals surface area contributed by atoms with Crippen LogP contribution in [0.1, 0.15) is 23.5 Å². The Morgan fingerprint density at radius 3 is 2.43 bits per heavy atom. The summed E-state index contributed by atoms with van der Waals surface area (Å²) >= 11 is 6.53. The molecule has 0 N–H and O–H groups in total. The molecule has 1 aliphatic rings. The maximum absolute atomic E-state index is 10.6. The van der Waals surface area contributed by atoms with Gasteiger partial charge in [0.2, 0.25) is 0 Å². The molecule has 0 spiro atoms. The number of nitrogens with zero attached hydrogens (tertiary/aromatic N) is 1. The zero-order chi connectivity index (χ0) is 14.8. The van der Waals surface area contributed by atoms with Crippen molar-refractivity contribution < 1.29 is 4.92 Å². The van der Waals surface area contributed by atoms with Crippen molar-refractivity contribution in [2.24, 2.45) is 5.92 Å². The van der Waals surface area contributed by atoms with Gasteiger partial charge in [0, 0.05) is 17.5 Å². The largest absolute Gasteiger partial charge is 0.269 e. The Labute approximate surface area is 128 Å². The Morgan fingerprint density at radius 2 is 1.81 bits per heavy atom. The van der Waals surface area contributed by atoms with E-state index in [0.717, 1.165) is 18.4 Å². The van der Waals surface area contributed by atoms with E-state index in [9.17, 15) is 10.1 Å². The summed E-state index contributed by atoms with van der Waals surface area (Å²) in [5.41, 5.74) is 2.54. The summed E-state index contributed by atoms with van der Waals surface area (Å²) in [6.45, 7) is 0. The molecule has 0 aromatic heterocycles. The molecule has 3 unspecified atom stereocenters. The van der Waals surface area contributed by atoms with Gasteiger partial charge in [-0.25, -0.2) is 0 Å². The molecule has 3 atom stereocenters. The summed E-state index contributed by atoms with van der Waals surface area (Å²) in [7, 11) is 0. The number of nitro benzene ring substituents is 1. The van der Waals surface area contributed by atoms with Gasteiger partial charge in [-0.15, -0.1) is 11.6 Å². The third-order valence-corrected chi connectivity index (χ3v) is 4.59. The third kappa shape index (κ3) is 3.24. The lowest BCUT2D eigenvalue weighted by molar-refractivity contribution is -0.384. The van der Waals surface area contributed by atoms with Crippen molar-refractivity contribution >= 4 is 17.3 Å². The highest BCUT2D eigenvalue weighted by Gasteiger charge is 2.42. The van der Waals surface area contributed by atoms with Crippen molar-refractivity contribution in [2.45, 2.75) is 24.1 Å². The van der Waals surface area contributed by atoms with Crippen LogP contribution in [0.2, 0.25) is 0 Å². The number of benzene rings is 2. The summed E-state index contributed by atoms with van der Waals surface area (Å²) in [4.78, 5) is 10.3. The summed E-state index contributed by atoms with van der Waals surface area (Å²) < 4.78 is 0. The molecule has 0 saturated heterocycles. The van der Waals surface area contributed by atoms with Gasteiger partial charge in [0.1, 0.15) is 0 Å². The SMILES string of the molecule is O=[N+]([O-])c1ccc(CC(Cl)C2CC2c2ccccc2)cc1. The van der Waals surface area contributed by atoms with Gasteiger partial charge >= 0.3 is 0 Å². The quantitative estimate of drug-likeness (QED) is 0.462. The van der Waals surface area contributed by atoms with E-state index in [4.69, 9.17) is 11.6 Å². The number of alkyl halides is 1. The van der Waals surface area contributed by atoms with Gasteiger partial charge < -0.3 is 0 Å². The van der Waals surface area contributed by atoms with Crippen molar-refractivity contribution in [2.75, 3.05) is 0 Å². The first kappa shape index (κ1) is 14.1. The second kappa shape index (κ2) is 5.86. The Morgan fingerprint density at radius 1 is 1.14 bits per heavy atom. The van der Waals surface area contributed by atoms with Crippen LogP contribution >= 0.6 is 11.6 Å². The number of nitro groups is 1. The molecule has 1 fully saturated rings. The second-order valence-electron chi connectivity index (χ2n) is 5.56. The molecule has 108 valence electrons. The minimum atomic E-state index is -0.381. The van der Waals surface area contributed by atoms with E-state index in [2.05, 4.69) is 24.3 Å². The summed E-state index contributed by atoms with van der Waals surface area (Å²) in [5.74, 6) is 1.07. The van der Waals surface area contributed by atoms with E-state index in [1.54, 1.807) is 24.3 Å². The van der Waals surface area contributed by atoms with E-state index >= 15 is 0 Å². The standard InChI is InChI=1S/C17H16ClNO2/c18-17(10-12-6-8-14(9-7-12)19(20)21)16-11-15(16)13-4-2-1-3-5-13/h1-9,15-17H,10-11H2. The van der Waals surface area contributed by atoms with Gasteiger partial charge in [-0.05, 0) is 35.8 Å². The molecule has 0 bridgehead atoms. The van der Waals surface area contributed by atoms with Gasteiger partial charge in [0.05, 0.1) is 4.92 Å². The molecule has 4 heteroatoms. The number of rotatable bonds is 5. The molecule has 2 aromatic rings. The molecule has 3 nitrogen and oxygen atoms in total. The monoisotopic (exact) mass is 301 g/mol. The molecule has 2 aromatic carbocycles. The highest BCUT2D eigenvalue weighted by molar-refractivity contribution is 6.21. The molecule has 0 aliphatic heterocycles. The summed E-state index contributed by atoms with van der Waals surface area (Å²) in [5, 5.41) is 10.7. The molecule has 1 aliphatic carbocycles. The maximum atomic E-state index is 10.6. The average molecular weight is 302 g/mol. The Balaban J connectivity index is 1.60. The van der Waals surface area contributed by atoms with Crippen molar-refractivity contribution in [3.63, 3.8) is 0 Å². The maximum Gasteiger partial charge on any atom is 0.269 e. The van der Waals surface area contributed by atoms with Crippen LogP contribution in [0.25, 0.3) is 0 Å². The van der Waals surface area contributed by atoms with Gasteiger partial charge in [-0.2, -0.15) is 0 Å². The van der Waals surface area contributed by atoms with E-state index in [1.165, 1.54) is 5.56 Å². The van der Waals surface area contributed by atoms with E-state index in [1.807, 2.05) is 6.07 Å². The van der Waals surface area contributed by atoms with Crippen LogP contribution in [0.4, 0.5) is 5.69 Å². The van der Waals surface area contributed by atoms with Crippen LogP contribution < -0.4 is 0 Å². The molecular weight excluding hydrogens is 286 g/mol. The Hall–Kier alpha value is -1.87. The fourth-order valence-electron chi connectivity index (χ4n) is 2.83. The molecule has 0 radical (unpaired) electrons. The third-order valence-electron chi connectivity index (χ3n) is 4.11. The molecule has 1 saturated carbocycles. The zero-order valence-electron chi connectivity index (χ0n) is 11.5. The minimum Gasteiger partial charge on any atom is -0.258 e. The first-order valence-corrected chi connectivity index (χ1v) is 7.51. The van der Waals surface area contributed by atoms with Crippen molar-refractivity contribution in [3.05, 3.63) is 75.8 Å². The highest BCUT2D eigenvalue weighted by Crippen LogP contribution is 2.51. The lowest BCUT2D eigenvalue weighted by Crippen LogP contribution is -2.07. The van der Waals surface area contributed by atoms with E-state index < -0.39 is 0 Å². The summed E-state index contributed by atoms with van der Waals surface area (Å²) in [6, 6.07) is 17.1. The number of hydrogen-bond donors (Lipinski definition) is 0. The van der Waals surface area contributed by atoms with E-state index in [0.29, 0.717) is 11.8 Å². The van der Waals surface area contributed by atoms with Gasteiger partial charge in [0.25, 0.3) is 5.69 Å². The van der Waals surface area contributed by atoms with Gasteiger partial charge in [0.15, 0.2) is 0 Å². The van der Waals surface area contributed by atoms with Crippen LogP contribution in [0, 0.1) is 16.0 Å². The Bertz CT molecular complexity index is 627. The fraction of sp³-hybridized carbons (Fsp3) is 0.294. The molecule has 0 amide bonds. The van der Waals surface area contributed by atoms with Crippen molar-refractivity contribution in [3.8, 4) is 0 Å². The van der Waals surface area contributed by atoms with E-state index in [-0.39, 0.29) is 16.0 Å². The van der Waals surface area contributed by atoms with Crippen LogP contribution in [0.3, 0.4) is 0 Å². The fourth-order valence-corrected chi connectivity index (χ4v) is 3.28. The lowest BCUT2D eigenvalue weighted by atomic mass is 10.0. The smallest absolute Gasteiger partial charge is 0.258 e. The van der Waals surface area contributed by atoms with Crippen LogP contribution in [-0.4, -0.2) is 10.3 Å². The first-order valence-electron chi connectivity index (χ1n) is 7.07. The molecule has 3 rings (SSSR count). The number of halogens is 1. The van der Waals surface area contributed by atoms with Crippen LogP contribution in [-0.2, 0) is 6.42 Å². The Kier molecular flexibility index (Phi) is 3.93. The first-order chi connectivity index (χ1) is 10.1. The van der Waals surface area contributed by atoms with Crippen LogP contribution in [0.5, 0.6) is 0 Å². The summed E-state index contributed by atoms with van der Waals surface area (Å²) in [6.07, 6.45) is 1.89. The topological polar surface area (TPSA) is 43.1 Å². The molecular formula is C17H16ClNO2. The van der Waals surface area contributed by atoms with Crippen LogP contribution in [0.15, 0.2) is 54.6 Å². The average Bonchev–Trinajstić information content (AvgIpc) is 3.29. The van der Waals surface area contributed by atoms with Crippen molar-refractivity contribution in [1.82, 2.24) is 0 Å². The highest BCUT2D eigenvalue weighted by atomic mass is 35.5. The predicted octanol–water partition coefficient (Wildman–Crippen LogP) is 4.55. The number of hydrogen-bond acceptors (Lipinski definition) is 2. The van der Waals surface area contributed by atoms with Crippen molar-refractivity contribution in [1.29, 1.82) is 0 Å². The lowest BCUT2D eigenvalue weighted by Gasteiger charge is -2.09. The van der Waals surface area contributed by atoms with Gasteiger partial charge in [-0.1, -0.05) is 42.5 Å².